The van der Waals surface area contributed by atoms with Crippen LogP contribution in [-0.4, -0.2) is 45.8 Å². The summed E-state index contributed by atoms with van der Waals surface area (Å²) in [5.41, 5.74) is 4.38. The van der Waals surface area contributed by atoms with Crippen LogP contribution in [0.3, 0.4) is 0 Å². The van der Waals surface area contributed by atoms with E-state index in [4.69, 9.17) is 0 Å². The van der Waals surface area contributed by atoms with E-state index in [-0.39, 0.29) is 30.1 Å². The van der Waals surface area contributed by atoms with Gasteiger partial charge in [-0.1, -0.05) is 48.5 Å². The lowest BCUT2D eigenvalue weighted by molar-refractivity contribution is -0.155. The van der Waals surface area contributed by atoms with Crippen LogP contribution >= 0.6 is 11.8 Å². The van der Waals surface area contributed by atoms with Gasteiger partial charge in [-0.15, -0.1) is 0 Å². The van der Waals surface area contributed by atoms with Crippen LogP contribution in [0.5, 0.6) is 0 Å². The van der Waals surface area contributed by atoms with Gasteiger partial charge in [-0.05, 0) is 40.7 Å². The third-order valence-electron chi connectivity index (χ3n) is 6.67. The highest BCUT2D eigenvalue weighted by Gasteiger charge is 2.62. The molecule has 1 saturated heterocycles. The van der Waals surface area contributed by atoms with Gasteiger partial charge in [0, 0.05) is 11.8 Å². The van der Waals surface area contributed by atoms with E-state index in [1.165, 1.54) is 11.8 Å². The van der Waals surface area contributed by atoms with Crippen LogP contribution in [0.15, 0.2) is 48.5 Å². The molecule has 3 aliphatic carbocycles. The minimum absolute atomic E-state index is 0.200. The van der Waals surface area contributed by atoms with Gasteiger partial charge >= 0.3 is 5.97 Å². The Bertz CT molecular complexity index is 920. The number of imide groups is 1. The van der Waals surface area contributed by atoms with E-state index in [0.29, 0.717) is 5.75 Å². The van der Waals surface area contributed by atoms with Gasteiger partial charge in [0.1, 0.15) is 6.04 Å². The van der Waals surface area contributed by atoms with Crippen LogP contribution in [0, 0.1) is 11.8 Å². The van der Waals surface area contributed by atoms with Gasteiger partial charge in [-0.2, -0.15) is 11.8 Å². The fourth-order valence-corrected chi connectivity index (χ4v) is 6.06. The maximum absolute atomic E-state index is 13.5. The lowest BCUT2D eigenvalue weighted by Gasteiger charge is -2.45. The third-order valence-corrected chi connectivity index (χ3v) is 7.32. The van der Waals surface area contributed by atoms with E-state index >= 15 is 0 Å². The second kappa shape index (κ2) is 6.73. The third kappa shape index (κ3) is 2.45. The Morgan fingerprint density at radius 3 is 1.69 bits per heavy atom. The minimum atomic E-state index is -1.11. The summed E-state index contributed by atoms with van der Waals surface area (Å²) >= 11 is 1.51. The fourth-order valence-electron chi connectivity index (χ4n) is 5.60. The smallest absolute Gasteiger partial charge is 0.326 e. The molecule has 2 aromatic rings. The molecule has 148 valence electrons. The topological polar surface area (TPSA) is 74.7 Å². The van der Waals surface area contributed by atoms with E-state index in [9.17, 15) is 19.5 Å². The number of carbonyl (C=O) groups is 3. The van der Waals surface area contributed by atoms with Crippen molar-refractivity contribution in [2.45, 2.75) is 24.3 Å². The summed E-state index contributed by atoms with van der Waals surface area (Å²) in [6, 6.07) is 14.9. The first-order valence-electron chi connectivity index (χ1n) is 9.82. The van der Waals surface area contributed by atoms with Crippen LogP contribution in [0.1, 0.15) is 40.5 Å². The van der Waals surface area contributed by atoms with Crippen molar-refractivity contribution in [2.75, 3.05) is 12.0 Å². The average molecular weight is 407 g/mol. The number of rotatable bonds is 5. The Morgan fingerprint density at radius 1 is 0.931 bits per heavy atom. The largest absolute Gasteiger partial charge is 0.480 e. The zero-order valence-corrected chi connectivity index (χ0v) is 16.8. The molecule has 2 amide bonds. The number of amides is 2. The molecule has 0 aromatic heterocycles. The SMILES string of the molecule is CSCC[C@@H](C(=O)O)N1C(=O)[C@@H]2C3c4ccccc4C(c4ccccc43)[C@@H]2C1=O. The number of carboxylic acids is 1. The van der Waals surface area contributed by atoms with Crippen LogP contribution < -0.4 is 0 Å². The molecular formula is C23H21NO4S. The number of carboxylic acid groups (broad SMARTS) is 1. The molecule has 3 atom stereocenters. The van der Waals surface area contributed by atoms with Crippen LogP contribution in [0.2, 0.25) is 0 Å². The molecule has 0 unspecified atom stereocenters. The first-order valence-corrected chi connectivity index (χ1v) is 11.2. The van der Waals surface area contributed by atoms with Gasteiger partial charge < -0.3 is 5.11 Å². The second-order valence-corrected chi connectivity index (χ2v) is 8.93. The maximum atomic E-state index is 13.5. The maximum Gasteiger partial charge on any atom is 0.326 e. The van der Waals surface area contributed by atoms with Crippen molar-refractivity contribution in [1.82, 2.24) is 4.90 Å². The summed E-state index contributed by atoms with van der Waals surface area (Å²) < 4.78 is 0. The van der Waals surface area contributed by atoms with Crippen molar-refractivity contribution in [3.63, 3.8) is 0 Å². The number of thioether (sulfide) groups is 1. The van der Waals surface area contributed by atoms with Gasteiger partial charge in [0.2, 0.25) is 11.8 Å². The van der Waals surface area contributed by atoms with E-state index in [2.05, 4.69) is 0 Å². The van der Waals surface area contributed by atoms with Gasteiger partial charge in [0.05, 0.1) is 11.8 Å². The van der Waals surface area contributed by atoms with Gasteiger partial charge in [0.15, 0.2) is 0 Å². The van der Waals surface area contributed by atoms with Crippen LogP contribution in [-0.2, 0) is 14.4 Å². The number of carbonyl (C=O) groups excluding carboxylic acids is 2. The van der Waals surface area contributed by atoms with Gasteiger partial charge in [-0.3, -0.25) is 14.5 Å². The highest BCUT2D eigenvalue weighted by atomic mass is 32.2. The van der Waals surface area contributed by atoms with Crippen LogP contribution in [0.4, 0.5) is 0 Å². The zero-order chi connectivity index (χ0) is 20.3. The molecule has 0 radical (unpaired) electrons. The predicted octanol–water partition coefficient (Wildman–Crippen LogP) is 3.08. The number of likely N-dealkylation sites (tertiary alicyclic amines) is 1. The van der Waals surface area contributed by atoms with Crippen molar-refractivity contribution >= 4 is 29.5 Å². The molecule has 1 fully saturated rings. The Labute approximate surface area is 173 Å². The summed E-state index contributed by atoms with van der Waals surface area (Å²) in [5, 5.41) is 9.77. The fraction of sp³-hybridized carbons (Fsp3) is 0.348. The zero-order valence-electron chi connectivity index (χ0n) is 15.9. The molecule has 1 aliphatic heterocycles. The molecule has 4 aliphatic rings. The van der Waals surface area contributed by atoms with E-state index in [0.717, 1.165) is 27.2 Å². The van der Waals surface area contributed by atoms with Crippen molar-refractivity contribution in [1.29, 1.82) is 0 Å². The van der Waals surface area contributed by atoms with Crippen molar-refractivity contribution in [2.24, 2.45) is 11.8 Å². The summed E-state index contributed by atoms with van der Waals surface area (Å²) in [5.74, 6) is -2.62. The normalized spacial score (nSPS) is 27.4. The standard InChI is InChI=1S/C23H21NO4S/c1-29-11-10-16(23(27)28)24-21(25)19-17-12-6-2-3-7-13(12)18(20(19)22(24)26)15-9-5-4-8-14(15)17/h2-9,16-20H,10-11H2,1H3,(H,27,28)/t16-,17?,18?,19-,20+/m0/s1. The molecule has 6 rings (SSSR count). The number of hydrogen-bond acceptors (Lipinski definition) is 4. The molecule has 2 aromatic carbocycles. The molecule has 1 N–H and O–H groups in total. The lowest BCUT2D eigenvalue weighted by Crippen LogP contribution is -2.46. The average Bonchev–Trinajstić information content (AvgIpc) is 3.00. The summed E-state index contributed by atoms with van der Waals surface area (Å²) in [6.07, 6.45) is 2.16. The Balaban J connectivity index is 1.65. The molecule has 5 nitrogen and oxygen atoms in total. The molecule has 1 heterocycles. The Morgan fingerprint density at radius 2 is 1.34 bits per heavy atom. The monoisotopic (exact) mass is 407 g/mol. The van der Waals surface area contributed by atoms with Crippen molar-refractivity contribution in [3.8, 4) is 0 Å². The molecular weight excluding hydrogens is 386 g/mol. The van der Waals surface area contributed by atoms with Gasteiger partial charge in [-0.25, -0.2) is 4.79 Å². The lowest BCUT2D eigenvalue weighted by atomic mass is 9.55. The summed E-state index contributed by atoms with van der Waals surface area (Å²) in [4.78, 5) is 40.0. The minimum Gasteiger partial charge on any atom is -0.480 e. The van der Waals surface area contributed by atoms with E-state index in [1.807, 2.05) is 54.8 Å². The molecule has 2 bridgehead atoms. The van der Waals surface area contributed by atoms with E-state index < -0.39 is 23.8 Å². The number of hydrogen-bond donors (Lipinski definition) is 1. The summed E-state index contributed by atoms with van der Waals surface area (Å²) in [7, 11) is 0. The summed E-state index contributed by atoms with van der Waals surface area (Å²) in [6.45, 7) is 0. The Kier molecular flexibility index (Phi) is 4.28. The molecule has 29 heavy (non-hydrogen) atoms. The van der Waals surface area contributed by atoms with Crippen molar-refractivity contribution in [3.05, 3.63) is 70.8 Å². The van der Waals surface area contributed by atoms with Crippen molar-refractivity contribution < 1.29 is 19.5 Å². The predicted molar refractivity (Wildman–Crippen MR) is 110 cm³/mol. The van der Waals surface area contributed by atoms with Gasteiger partial charge in [0.25, 0.3) is 0 Å². The number of benzene rings is 2. The number of aliphatic carboxylic acids is 1. The first-order chi connectivity index (χ1) is 14.1. The first kappa shape index (κ1) is 18.4. The highest BCUT2D eigenvalue weighted by molar-refractivity contribution is 7.98. The second-order valence-electron chi connectivity index (χ2n) is 7.95. The number of nitrogens with zero attached hydrogens (tertiary/aromatic N) is 1. The quantitative estimate of drug-likeness (QED) is 0.771. The Hall–Kier alpha value is -2.60. The highest BCUT2D eigenvalue weighted by Crippen LogP contribution is 2.61. The molecule has 0 spiro atoms. The molecule has 0 saturated carbocycles. The van der Waals surface area contributed by atoms with E-state index in [1.54, 1.807) is 0 Å². The van der Waals surface area contributed by atoms with Crippen LogP contribution in [0.25, 0.3) is 0 Å². The molecule has 6 heteroatoms.